The monoisotopic (exact) mass is 375 g/mol. The van der Waals surface area contributed by atoms with Crippen LogP contribution >= 0.6 is 0 Å². The summed E-state index contributed by atoms with van der Waals surface area (Å²) in [6.07, 6.45) is 2.64. The average molecular weight is 375 g/mol. The lowest BCUT2D eigenvalue weighted by atomic mass is 9.93. The zero-order valence-electron chi connectivity index (χ0n) is 16.4. The summed E-state index contributed by atoms with van der Waals surface area (Å²) in [6.45, 7) is 2.02. The van der Waals surface area contributed by atoms with E-state index in [0.717, 1.165) is 37.1 Å². The first-order valence-corrected chi connectivity index (χ1v) is 10.1. The number of hydrogen-bond acceptors (Lipinski definition) is 4. The molecule has 0 N–H and O–H groups in total. The van der Waals surface area contributed by atoms with E-state index in [0.29, 0.717) is 12.8 Å². The number of benzene rings is 2. The number of carbonyl (C=O) groups is 2. The number of anilines is 2. The van der Waals surface area contributed by atoms with Gasteiger partial charge in [0.2, 0.25) is 11.8 Å². The van der Waals surface area contributed by atoms with E-state index in [-0.39, 0.29) is 17.9 Å². The standard InChI is InChI=1S/C23H25N3O2/c1-24-11-9-15-13-17(3-5-19(15)24)23(26-21(27)7-8-22(26)28)18-4-6-20-16(14-18)10-12-25(20)2/h3-6,13-14,23H,7-12H2,1-2H3. The molecule has 2 amide bonds. The Morgan fingerprint density at radius 3 is 1.64 bits per heavy atom. The topological polar surface area (TPSA) is 43.9 Å². The molecule has 3 aliphatic heterocycles. The van der Waals surface area contributed by atoms with Gasteiger partial charge in [0.1, 0.15) is 0 Å². The highest BCUT2D eigenvalue weighted by Gasteiger charge is 2.37. The van der Waals surface area contributed by atoms with Crippen LogP contribution in [-0.2, 0) is 22.4 Å². The fourth-order valence-corrected chi connectivity index (χ4v) is 4.89. The zero-order valence-corrected chi connectivity index (χ0v) is 16.4. The summed E-state index contributed by atoms with van der Waals surface area (Å²) in [5, 5.41) is 0. The van der Waals surface area contributed by atoms with Crippen molar-refractivity contribution in [2.75, 3.05) is 37.0 Å². The number of imide groups is 1. The van der Waals surface area contributed by atoms with E-state index in [1.54, 1.807) is 0 Å². The molecule has 2 aromatic carbocycles. The number of likely N-dealkylation sites (tertiary alicyclic amines) is 1. The lowest BCUT2D eigenvalue weighted by molar-refractivity contribution is -0.140. The summed E-state index contributed by atoms with van der Waals surface area (Å²) < 4.78 is 0. The number of rotatable bonds is 3. The van der Waals surface area contributed by atoms with E-state index >= 15 is 0 Å². The molecule has 1 fully saturated rings. The molecular weight excluding hydrogens is 350 g/mol. The molecular formula is C23H25N3O2. The maximum atomic E-state index is 12.6. The quantitative estimate of drug-likeness (QED) is 0.774. The molecule has 1 saturated heterocycles. The van der Waals surface area contributed by atoms with Gasteiger partial charge < -0.3 is 9.80 Å². The highest BCUT2D eigenvalue weighted by Crippen LogP contribution is 2.39. The van der Waals surface area contributed by atoms with Gasteiger partial charge in [-0.25, -0.2) is 0 Å². The van der Waals surface area contributed by atoms with Gasteiger partial charge in [-0.2, -0.15) is 0 Å². The predicted octanol–water partition coefficient (Wildman–Crippen LogP) is 2.91. The van der Waals surface area contributed by atoms with Crippen LogP contribution in [0.2, 0.25) is 0 Å². The molecule has 5 nitrogen and oxygen atoms in total. The van der Waals surface area contributed by atoms with Gasteiger partial charge in [0.05, 0.1) is 6.04 Å². The average Bonchev–Trinajstić information content (AvgIpc) is 3.35. The van der Waals surface area contributed by atoms with Crippen molar-refractivity contribution >= 4 is 23.2 Å². The molecule has 0 saturated carbocycles. The van der Waals surface area contributed by atoms with Gasteiger partial charge in [0.15, 0.2) is 0 Å². The van der Waals surface area contributed by atoms with E-state index < -0.39 is 0 Å². The minimum atomic E-state index is -0.338. The minimum absolute atomic E-state index is 0.0646. The molecule has 0 bridgehead atoms. The molecule has 2 aromatic rings. The Morgan fingerprint density at radius 1 is 0.714 bits per heavy atom. The molecule has 0 radical (unpaired) electrons. The molecule has 0 unspecified atom stereocenters. The van der Waals surface area contributed by atoms with Crippen LogP contribution in [0, 0.1) is 0 Å². The van der Waals surface area contributed by atoms with Gasteiger partial charge >= 0.3 is 0 Å². The van der Waals surface area contributed by atoms with Gasteiger partial charge in [-0.05, 0) is 47.2 Å². The van der Waals surface area contributed by atoms with Crippen molar-refractivity contribution in [3.8, 4) is 0 Å². The fourth-order valence-electron chi connectivity index (χ4n) is 4.89. The fraction of sp³-hybridized carbons (Fsp3) is 0.391. The highest BCUT2D eigenvalue weighted by molar-refractivity contribution is 6.02. The Bertz CT molecular complexity index is 906. The summed E-state index contributed by atoms with van der Waals surface area (Å²) >= 11 is 0. The van der Waals surface area contributed by atoms with Crippen molar-refractivity contribution in [1.82, 2.24) is 4.90 Å². The first-order valence-electron chi connectivity index (χ1n) is 10.1. The molecule has 144 valence electrons. The molecule has 0 atom stereocenters. The summed E-state index contributed by atoms with van der Waals surface area (Å²) in [4.78, 5) is 31.3. The van der Waals surface area contributed by atoms with Crippen molar-refractivity contribution in [1.29, 1.82) is 0 Å². The molecule has 3 aliphatic rings. The van der Waals surface area contributed by atoms with Gasteiger partial charge in [0, 0.05) is 51.4 Å². The molecule has 0 aromatic heterocycles. The van der Waals surface area contributed by atoms with Crippen molar-refractivity contribution in [2.45, 2.75) is 31.7 Å². The minimum Gasteiger partial charge on any atom is -0.374 e. The van der Waals surface area contributed by atoms with E-state index in [1.807, 2.05) is 0 Å². The van der Waals surface area contributed by atoms with Gasteiger partial charge in [-0.1, -0.05) is 24.3 Å². The molecule has 28 heavy (non-hydrogen) atoms. The maximum absolute atomic E-state index is 12.6. The van der Waals surface area contributed by atoms with Gasteiger partial charge in [0.25, 0.3) is 0 Å². The number of hydrogen-bond donors (Lipinski definition) is 0. The van der Waals surface area contributed by atoms with E-state index in [9.17, 15) is 9.59 Å². The van der Waals surface area contributed by atoms with Gasteiger partial charge in [-0.3, -0.25) is 14.5 Å². The van der Waals surface area contributed by atoms with Crippen LogP contribution in [0.1, 0.15) is 41.1 Å². The Balaban J connectivity index is 1.62. The van der Waals surface area contributed by atoms with Crippen LogP contribution in [0.25, 0.3) is 0 Å². The molecule has 5 rings (SSSR count). The smallest absolute Gasteiger partial charge is 0.230 e. The van der Waals surface area contributed by atoms with Crippen molar-refractivity contribution in [2.24, 2.45) is 0 Å². The van der Waals surface area contributed by atoms with E-state index in [2.05, 4.69) is 60.3 Å². The van der Waals surface area contributed by atoms with Crippen molar-refractivity contribution in [3.63, 3.8) is 0 Å². The summed E-state index contributed by atoms with van der Waals surface area (Å²) in [7, 11) is 4.21. The van der Waals surface area contributed by atoms with Crippen LogP contribution in [-0.4, -0.2) is 43.9 Å². The number of amides is 2. The SMILES string of the molecule is CN1CCc2cc(C(c3ccc4c(c3)CCN4C)N3C(=O)CCC3=O)ccc21. The Morgan fingerprint density at radius 2 is 1.18 bits per heavy atom. The van der Waals surface area contributed by atoms with Crippen LogP contribution in [0.4, 0.5) is 11.4 Å². The predicted molar refractivity (Wildman–Crippen MR) is 110 cm³/mol. The third-order valence-corrected chi connectivity index (χ3v) is 6.44. The van der Waals surface area contributed by atoms with Crippen LogP contribution in [0.15, 0.2) is 36.4 Å². The first-order chi connectivity index (χ1) is 13.5. The van der Waals surface area contributed by atoms with Gasteiger partial charge in [-0.15, -0.1) is 0 Å². The summed E-state index contributed by atoms with van der Waals surface area (Å²) in [5.41, 5.74) is 7.15. The number of carbonyl (C=O) groups excluding carboxylic acids is 2. The summed E-state index contributed by atoms with van der Waals surface area (Å²) in [6, 6.07) is 12.5. The van der Waals surface area contributed by atoms with Crippen LogP contribution < -0.4 is 9.80 Å². The Hall–Kier alpha value is -2.82. The second-order valence-corrected chi connectivity index (χ2v) is 8.18. The summed E-state index contributed by atoms with van der Waals surface area (Å²) in [5.74, 6) is -0.129. The van der Waals surface area contributed by atoms with Crippen molar-refractivity contribution < 1.29 is 9.59 Å². The highest BCUT2D eigenvalue weighted by atomic mass is 16.2. The first kappa shape index (κ1) is 17.3. The number of nitrogens with zero attached hydrogens (tertiary/aromatic N) is 3. The number of likely N-dealkylation sites (N-methyl/N-ethyl adjacent to an activating group) is 2. The molecule has 5 heteroatoms. The normalized spacial score (nSPS) is 18.5. The molecule has 0 aliphatic carbocycles. The lowest BCUT2D eigenvalue weighted by Gasteiger charge is -2.28. The lowest BCUT2D eigenvalue weighted by Crippen LogP contribution is -2.34. The van der Waals surface area contributed by atoms with Crippen LogP contribution in [0.5, 0.6) is 0 Å². The second-order valence-electron chi connectivity index (χ2n) is 8.18. The zero-order chi connectivity index (χ0) is 19.4. The Kier molecular flexibility index (Phi) is 3.93. The third-order valence-electron chi connectivity index (χ3n) is 6.44. The Labute approximate surface area is 165 Å². The molecule has 0 spiro atoms. The third kappa shape index (κ3) is 2.60. The largest absolute Gasteiger partial charge is 0.374 e. The second kappa shape index (κ2) is 6.36. The van der Waals surface area contributed by atoms with E-state index in [4.69, 9.17) is 0 Å². The number of fused-ring (bicyclic) bond motifs is 2. The van der Waals surface area contributed by atoms with Crippen LogP contribution in [0.3, 0.4) is 0 Å². The van der Waals surface area contributed by atoms with Crippen molar-refractivity contribution in [3.05, 3.63) is 58.7 Å². The maximum Gasteiger partial charge on any atom is 0.230 e. The molecule has 3 heterocycles. The van der Waals surface area contributed by atoms with E-state index in [1.165, 1.54) is 27.4 Å².